The van der Waals surface area contributed by atoms with Gasteiger partial charge in [0.2, 0.25) is 0 Å². The van der Waals surface area contributed by atoms with Crippen molar-refractivity contribution < 1.29 is 9.53 Å². The summed E-state index contributed by atoms with van der Waals surface area (Å²) >= 11 is 5.94. The Morgan fingerprint density at radius 1 is 1.41 bits per heavy atom. The van der Waals surface area contributed by atoms with Crippen LogP contribution in [0.5, 0.6) is 0 Å². The monoisotopic (exact) mass is 255 g/mol. The van der Waals surface area contributed by atoms with Gasteiger partial charge in [-0.05, 0) is 38.5 Å². The molecule has 0 bridgehead atoms. The Morgan fingerprint density at radius 2 is 2.06 bits per heavy atom. The van der Waals surface area contributed by atoms with Crippen LogP contribution in [0.25, 0.3) is 0 Å². The lowest BCUT2D eigenvalue weighted by molar-refractivity contribution is -0.145. The number of halogens is 1. The quantitative estimate of drug-likeness (QED) is 0.840. The fourth-order valence-corrected chi connectivity index (χ4v) is 1.68. The summed E-state index contributed by atoms with van der Waals surface area (Å²) in [5, 5.41) is 3.96. The van der Waals surface area contributed by atoms with Gasteiger partial charge >= 0.3 is 5.97 Å². The Balaban J connectivity index is 2.77. The zero-order chi connectivity index (χ0) is 13.0. The first-order valence-corrected chi connectivity index (χ1v) is 5.94. The van der Waals surface area contributed by atoms with Crippen molar-refractivity contribution in [2.45, 2.75) is 26.8 Å². The zero-order valence-corrected chi connectivity index (χ0v) is 11.3. The van der Waals surface area contributed by atoms with Crippen molar-refractivity contribution in [1.82, 2.24) is 0 Å². The lowest BCUT2D eigenvalue weighted by atomic mass is 10.0. The number of aryl methyl sites for hydroxylation is 1. The Hall–Kier alpha value is -1.22. The SMILES string of the molecule is COC(=O)C(C)C(C)Nc1cc(Cl)ccc1C. The van der Waals surface area contributed by atoms with Crippen LogP contribution >= 0.6 is 11.6 Å². The van der Waals surface area contributed by atoms with Gasteiger partial charge in [-0.25, -0.2) is 0 Å². The van der Waals surface area contributed by atoms with Crippen molar-refractivity contribution in [3.63, 3.8) is 0 Å². The van der Waals surface area contributed by atoms with Gasteiger partial charge in [0.25, 0.3) is 0 Å². The number of ether oxygens (including phenoxy) is 1. The molecule has 2 atom stereocenters. The first-order valence-electron chi connectivity index (χ1n) is 5.56. The molecule has 0 heterocycles. The maximum atomic E-state index is 11.4. The van der Waals surface area contributed by atoms with E-state index in [1.165, 1.54) is 7.11 Å². The highest BCUT2D eigenvalue weighted by Crippen LogP contribution is 2.22. The number of hydrogen-bond donors (Lipinski definition) is 1. The molecular weight excluding hydrogens is 238 g/mol. The number of esters is 1. The van der Waals surface area contributed by atoms with Gasteiger partial charge in [0.05, 0.1) is 13.0 Å². The molecule has 1 N–H and O–H groups in total. The van der Waals surface area contributed by atoms with Gasteiger partial charge in [0, 0.05) is 16.8 Å². The second-order valence-corrected chi connectivity index (χ2v) is 4.64. The topological polar surface area (TPSA) is 38.3 Å². The summed E-state index contributed by atoms with van der Waals surface area (Å²) in [5.74, 6) is -0.428. The molecule has 2 unspecified atom stereocenters. The third-order valence-electron chi connectivity index (χ3n) is 2.91. The van der Waals surface area contributed by atoms with E-state index >= 15 is 0 Å². The number of benzene rings is 1. The van der Waals surface area contributed by atoms with Crippen molar-refractivity contribution in [1.29, 1.82) is 0 Å². The summed E-state index contributed by atoms with van der Waals surface area (Å²) in [7, 11) is 1.40. The van der Waals surface area contributed by atoms with E-state index < -0.39 is 0 Å². The molecule has 0 amide bonds. The van der Waals surface area contributed by atoms with Crippen molar-refractivity contribution in [2.75, 3.05) is 12.4 Å². The van der Waals surface area contributed by atoms with Crippen LogP contribution < -0.4 is 5.32 Å². The highest BCUT2D eigenvalue weighted by molar-refractivity contribution is 6.30. The highest BCUT2D eigenvalue weighted by Gasteiger charge is 2.21. The van der Waals surface area contributed by atoms with Gasteiger partial charge in [0.15, 0.2) is 0 Å². The van der Waals surface area contributed by atoms with Gasteiger partial charge < -0.3 is 10.1 Å². The Kier molecular flexibility index (Phi) is 4.82. The summed E-state index contributed by atoms with van der Waals surface area (Å²) in [6, 6.07) is 5.63. The number of anilines is 1. The molecule has 0 spiro atoms. The second-order valence-electron chi connectivity index (χ2n) is 4.20. The molecule has 0 saturated heterocycles. The van der Waals surface area contributed by atoms with Crippen LogP contribution in [0.2, 0.25) is 5.02 Å². The third-order valence-corrected chi connectivity index (χ3v) is 3.14. The van der Waals surface area contributed by atoms with E-state index in [-0.39, 0.29) is 17.9 Å². The standard InChI is InChI=1S/C13H18ClNO2/c1-8-5-6-11(14)7-12(8)15-10(3)9(2)13(16)17-4/h5-7,9-10,15H,1-4H3. The first-order chi connectivity index (χ1) is 7.95. The average Bonchev–Trinajstić information content (AvgIpc) is 2.31. The molecule has 0 aromatic heterocycles. The van der Waals surface area contributed by atoms with Crippen LogP contribution in [0, 0.1) is 12.8 Å². The van der Waals surface area contributed by atoms with E-state index in [0.717, 1.165) is 11.3 Å². The Bertz CT molecular complexity index is 406. The summed E-state index contributed by atoms with van der Waals surface area (Å²) in [6.07, 6.45) is 0. The molecule has 17 heavy (non-hydrogen) atoms. The largest absolute Gasteiger partial charge is 0.469 e. The maximum absolute atomic E-state index is 11.4. The summed E-state index contributed by atoms with van der Waals surface area (Å²) in [4.78, 5) is 11.4. The summed E-state index contributed by atoms with van der Waals surface area (Å²) in [6.45, 7) is 5.78. The first kappa shape index (κ1) is 13.8. The van der Waals surface area contributed by atoms with E-state index in [2.05, 4.69) is 5.32 Å². The Morgan fingerprint density at radius 3 is 2.65 bits per heavy atom. The lowest BCUT2D eigenvalue weighted by Crippen LogP contribution is -2.30. The summed E-state index contributed by atoms with van der Waals surface area (Å²) in [5.41, 5.74) is 2.04. The van der Waals surface area contributed by atoms with E-state index in [9.17, 15) is 4.79 Å². The number of carbonyl (C=O) groups is 1. The Labute approximate surface area is 107 Å². The number of methoxy groups -OCH3 is 1. The van der Waals surface area contributed by atoms with Crippen molar-refractivity contribution in [3.05, 3.63) is 28.8 Å². The van der Waals surface area contributed by atoms with E-state index in [1.54, 1.807) is 0 Å². The normalized spacial score (nSPS) is 13.9. The molecule has 0 radical (unpaired) electrons. The molecule has 0 aliphatic rings. The van der Waals surface area contributed by atoms with Crippen LogP contribution in [0.15, 0.2) is 18.2 Å². The smallest absolute Gasteiger partial charge is 0.310 e. The van der Waals surface area contributed by atoms with E-state index in [4.69, 9.17) is 16.3 Å². The highest BCUT2D eigenvalue weighted by atomic mass is 35.5. The molecule has 3 nitrogen and oxygen atoms in total. The minimum absolute atomic E-state index is 0.0142. The van der Waals surface area contributed by atoms with Gasteiger partial charge in [-0.15, -0.1) is 0 Å². The summed E-state index contributed by atoms with van der Waals surface area (Å²) < 4.78 is 4.72. The number of carbonyl (C=O) groups excluding carboxylic acids is 1. The molecular formula is C13H18ClNO2. The van der Waals surface area contributed by atoms with Crippen LogP contribution in [0.1, 0.15) is 19.4 Å². The molecule has 1 aromatic rings. The number of nitrogens with one attached hydrogen (secondary N) is 1. The van der Waals surface area contributed by atoms with Crippen LogP contribution in [-0.4, -0.2) is 19.1 Å². The van der Waals surface area contributed by atoms with Crippen LogP contribution in [0.4, 0.5) is 5.69 Å². The minimum atomic E-state index is -0.218. The van der Waals surface area contributed by atoms with Crippen molar-refractivity contribution in [2.24, 2.45) is 5.92 Å². The van der Waals surface area contributed by atoms with Crippen molar-refractivity contribution in [3.8, 4) is 0 Å². The lowest BCUT2D eigenvalue weighted by Gasteiger charge is -2.21. The zero-order valence-electron chi connectivity index (χ0n) is 10.6. The van der Waals surface area contributed by atoms with Gasteiger partial charge in [0.1, 0.15) is 0 Å². The molecule has 1 aromatic carbocycles. The minimum Gasteiger partial charge on any atom is -0.469 e. The number of rotatable bonds is 4. The van der Waals surface area contributed by atoms with Gasteiger partial charge in [-0.1, -0.05) is 17.7 Å². The van der Waals surface area contributed by atoms with Crippen LogP contribution in [-0.2, 0) is 9.53 Å². The van der Waals surface area contributed by atoms with Gasteiger partial charge in [-0.2, -0.15) is 0 Å². The van der Waals surface area contributed by atoms with Gasteiger partial charge in [-0.3, -0.25) is 4.79 Å². The fourth-order valence-electron chi connectivity index (χ4n) is 1.51. The molecule has 4 heteroatoms. The molecule has 1 rings (SSSR count). The van der Waals surface area contributed by atoms with Crippen molar-refractivity contribution >= 4 is 23.3 Å². The molecule has 0 fully saturated rings. The fraction of sp³-hybridized carbons (Fsp3) is 0.462. The predicted octanol–water partition coefficient (Wildman–Crippen LogP) is 3.26. The average molecular weight is 256 g/mol. The molecule has 0 aliphatic carbocycles. The predicted molar refractivity (Wildman–Crippen MR) is 70.5 cm³/mol. The van der Waals surface area contributed by atoms with E-state index in [0.29, 0.717) is 5.02 Å². The van der Waals surface area contributed by atoms with E-state index in [1.807, 2.05) is 39.0 Å². The molecule has 94 valence electrons. The second kappa shape index (κ2) is 5.92. The van der Waals surface area contributed by atoms with Crippen LogP contribution in [0.3, 0.4) is 0 Å². The molecule has 0 aliphatic heterocycles. The number of hydrogen-bond acceptors (Lipinski definition) is 3. The maximum Gasteiger partial charge on any atom is 0.310 e. The third kappa shape index (κ3) is 3.63. The molecule has 0 saturated carbocycles.